The van der Waals surface area contributed by atoms with Crippen LogP contribution < -0.4 is 10.6 Å². The van der Waals surface area contributed by atoms with Crippen molar-refractivity contribution in [3.05, 3.63) is 77.7 Å². The van der Waals surface area contributed by atoms with Gasteiger partial charge in [0.2, 0.25) is 0 Å². The average Bonchev–Trinajstić information content (AvgIpc) is 2.57. The highest BCUT2D eigenvalue weighted by molar-refractivity contribution is 6.02. The van der Waals surface area contributed by atoms with Crippen molar-refractivity contribution in [1.29, 1.82) is 0 Å². The van der Waals surface area contributed by atoms with Crippen LogP contribution in [-0.2, 0) is 0 Å². The Labute approximate surface area is 138 Å². The van der Waals surface area contributed by atoms with Crippen LogP contribution in [0, 0.1) is 12.7 Å². The van der Waals surface area contributed by atoms with E-state index in [1.807, 2.05) is 31.2 Å². The molecule has 0 radical (unpaired) electrons. The minimum atomic E-state index is -0.449. The first-order valence-corrected chi connectivity index (χ1v) is 7.35. The van der Waals surface area contributed by atoms with E-state index >= 15 is 0 Å². The lowest BCUT2D eigenvalue weighted by Crippen LogP contribution is -2.14. The second-order valence-corrected chi connectivity index (χ2v) is 5.21. The van der Waals surface area contributed by atoms with E-state index in [4.69, 9.17) is 0 Å². The number of rotatable bonds is 4. The Morgan fingerprint density at radius 1 is 1.00 bits per heavy atom. The number of benzene rings is 2. The molecule has 1 amide bonds. The first kappa shape index (κ1) is 15.6. The van der Waals surface area contributed by atoms with Crippen LogP contribution in [0.3, 0.4) is 0 Å². The van der Waals surface area contributed by atoms with Gasteiger partial charge in [-0.2, -0.15) is 0 Å². The molecular weight excluding hydrogens is 307 g/mol. The van der Waals surface area contributed by atoms with E-state index in [9.17, 15) is 9.18 Å². The van der Waals surface area contributed by atoms with Crippen LogP contribution in [0.15, 0.2) is 60.7 Å². The van der Waals surface area contributed by atoms with Gasteiger partial charge in [0, 0.05) is 11.4 Å². The summed E-state index contributed by atoms with van der Waals surface area (Å²) >= 11 is 0. The van der Waals surface area contributed by atoms with Gasteiger partial charge in [-0.25, -0.2) is 4.39 Å². The molecular formula is C18H15FN4O. The van der Waals surface area contributed by atoms with Gasteiger partial charge in [-0.1, -0.05) is 24.3 Å². The molecule has 3 rings (SSSR count). The number of anilines is 3. The van der Waals surface area contributed by atoms with E-state index in [1.54, 1.807) is 18.2 Å². The number of aromatic nitrogens is 2. The Kier molecular flexibility index (Phi) is 4.47. The summed E-state index contributed by atoms with van der Waals surface area (Å²) in [6.45, 7) is 1.98. The van der Waals surface area contributed by atoms with E-state index in [0.717, 1.165) is 11.3 Å². The number of carbonyl (C=O) groups excluding carboxylic acids is 1. The van der Waals surface area contributed by atoms with Crippen molar-refractivity contribution in [2.45, 2.75) is 6.92 Å². The zero-order valence-corrected chi connectivity index (χ0v) is 13.0. The van der Waals surface area contributed by atoms with Crippen LogP contribution in [0.1, 0.15) is 16.1 Å². The molecule has 0 aliphatic rings. The number of nitrogens with one attached hydrogen (secondary N) is 2. The summed E-state index contributed by atoms with van der Waals surface area (Å²) in [5, 5.41) is 13.6. The van der Waals surface area contributed by atoms with Crippen molar-refractivity contribution in [3.8, 4) is 0 Å². The first-order valence-electron chi connectivity index (χ1n) is 7.35. The van der Waals surface area contributed by atoms with Gasteiger partial charge < -0.3 is 10.6 Å². The maximum Gasteiger partial charge on any atom is 0.276 e. The molecule has 0 unspecified atom stereocenters. The zero-order valence-electron chi connectivity index (χ0n) is 13.0. The molecule has 0 saturated carbocycles. The number of hydrogen-bond acceptors (Lipinski definition) is 4. The predicted molar refractivity (Wildman–Crippen MR) is 90.8 cm³/mol. The molecule has 0 saturated heterocycles. The van der Waals surface area contributed by atoms with Crippen LogP contribution in [0.5, 0.6) is 0 Å². The highest BCUT2D eigenvalue weighted by Gasteiger charge is 2.09. The summed E-state index contributed by atoms with van der Waals surface area (Å²) in [4.78, 5) is 12.1. The molecule has 2 aromatic carbocycles. The summed E-state index contributed by atoms with van der Waals surface area (Å²) in [6, 6.07) is 16.7. The minimum Gasteiger partial charge on any atom is -0.339 e. The second-order valence-electron chi connectivity index (χ2n) is 5.21. The third-order valence-electron chi connectivity index (χ3n) is 3.39. The third-order valence-corrected chi connectivity index (χ3v) is 3.39. The number of para-hydroxylation sites is 1. The summed E-state index contributed by atoms with van der Waals surface area (Å²) in [5.74, 6) is -0.334. The van der Waals surface area contributed by atoms with E-state index in [0.29, 0.717) is 11.5 Å². The summed E-state index contributed by atoms with van der Waals surface area (Å²) < 4.78 is 13.1. The molecule has 24 heavy (non-hydrogen) atoms. The van der Waals surface area contributed by atoms with Crippen LogP contribution in [0.25, 0.3) is 0 Å². The molecule has 120 valence electrons. The largest absolute Gasteiger partial charge is 0.339 e. The topological polar surface area (TPSA) is 66.9 Å². The Balaban J connectivity index is 1.70. The van der Waals surface area contributed by atoms with E-state index < -0.39 is 11.7 Å². The van der Waals surface area contributed by atoms with Crippen molar-refractivity contribution in [3.63, 3.8) is 0 Å². The number of hydrogen-bond donors (Lipinski definition) is 2. The predicted octanol–water partition coefficient (Wildman–Crippen LogP) is 3.92. The number of halogens is 1. The molecule has 0 aliphatic heterocycles. The van der Waals surface area contributed by atoms with Crippen molar-refractivity contribution in [2.75, 3.05) is 10.6 Å². The van der Waals surface area contributed by atoms with Gasteiger partial charge in [0.25, 0.3) is 5.91 Å². The van der Waals surface area contributed by atoms with Crippen LogP contribution in [0.4, 0.5) is 21.6 Å². The lowest BCUT2D eigenvalue weighted by molar-refractivity contribution is 0.102. The fourth-order valence-corrected chi connectivity index (χ4v) is 2.13. The standard InChI is InChI=1S/C18H15FN4O/c1-12-5-2-3-8-15(12)21-17-10-9-16(22-23-17)18(24)20-14-7-4-6-13(19)11-14/h2-11H,1H3,(H,20,24)(H,21,23). The van der Waals surface area contributed by atoms with Gasteiger partial charge >= 0.3 is 0 Å². The summed E-state index contributed by atoms with van der Waals surface area (Å²) in [5.41, 5.74) is 2.51. The van der Waals surface area contributed by atoms with E-state index in [2.05, 4.69) is 20.8 Å². The molecule has 1 aromatic heterocycles. The second kappa shape index (κ2) is 6.87. The Hall–Kier alpha value is -3.28. The maximum absolute atomic E-state index is 13.1. The molecule has 0 fully saturated rings. The normalized spacial score (nSPS) is 10.2. The maximum atomic E-state index is 13.1. The van der Waals surface area contributed by atoms with Crippen LogP contribution in [0.2, 0.25) is 0 Å². The lowest BCUT2D eigenvalue weighted by Gasteiger charge is -2.08. The molecule has 0 spiro atoms. The molecule has 3 aromatic rings. The average molecular weight is 322 g/mol. The number of aryl methyl sites for hydroxylation is 1. The Morgan fingerprint density at radius 2 is 1.83 bits per heavy atom. The summed E-state index contributed by atoms with van der Waals surface area (Å²) in [6.07, 6.45) is 0. The van der Waals surface area contributed by atoms with Crippen LogP contribution in [-0.4, -0.2) is 16.1 Å². The Bertz CT molecular complexity index is 865. The van der Waals surface area contributed by atoms with Crippen molar-refractivity contribution >= 4 is 23.1 Å². The Morgan fingerprint density at radius 3 is 2.54 bits per heavy atom. The number of carbonyl (C=O) groups is 1. The molecule has 5 nitrogen and oxygen atoms in total. The number of nitrogens with zero attached hydrogens (tertiary/aromatic N) is 2. The zero-order chi connectivity index (χ0) is 16.9. The monoisotopic (exact) mass is 322 g/mol. The van der Waals surface area contributed by atoms with Gasteiger partial charge in [-0.3, -0.25) is 4.79 Å². The van der Waals surface area contributed by atoms with Gasteiger partial charge in [0.1, 0.15) is 5.82 Å². The molecule has 0 aliphatic carbocycles. The number of amides is 1. The van der Waals surface area contributed by atoms with Gasteiger partial charge in [0.05, 0.1) is 0 Å². The highest BCUT2D eigenvalue weighted by atomic mass is 19.1. The molecule has 0 atom stereocenters. The first-order chi connectivity index (χ1) is 11.6. The van der Waals surface area contributed by atoms with E-state index in [1.165, 1.54) is 18.2 Å². The van der Waals surface area contributed by atoms with Gasteiger partial charge in [0.15, 0.2) is 11.5 Å². The molecule has 2 N–H and O–H groups in total. The smallest absolute Gasteiger partial charge is 0.276 e. The highest BCUT2D eigenvalue weighted by Crippen LogP contribution is 2.18. The molecule has 6 heteroatoms. The van der Waals surface area contributed by atoms with Gasteiger partial charge in [-0.05, 0) is 48.9 Å². The van der Waals surface area contributed by atoms with Crippen molar-refractivity contribution < 1.29 is 9.18 Å². The van der Waals surface area contributed by atoms with Crippen molar-refractivity contribution in [2.24, 2.45) is 0 Å². The lowest BCUT2D eigenvalue weighted by atomic mass is 10.2. The minimum absolute atomic E-state index is 0.148. The SMILES string of the molecule is Cc1ccccc1Nc1ccc(C(=O)Nc2cccc(F)c2)nn1. The van der Waals surface area contributed by atoms with Gasteiger partial charge in [-0.15, -0.1) is 10.2 Å². The molecule has 0 bridgehead atoms. The molecule has 1 heterocycles. The quantitative estimate of drug-likeness (QED) is 0.764. The van der Waals surface area contributed by atoms with Crippen molar-refractivity contribution in [1.82, 2.24) is 10.2 Å². The third kappa shape index (κ3) is 3.73. The summed E-state index contributed by atoms with van der Waals surface area (Å²) in [7, 11) is 0. The fraction of sp³-hybridized carbons (Fsp3) is 0.0556. The van der Waals surface area contributed by atoms with Crippen LogP contribution >= 0.6 is 0 Å². The fourth-order valence-electron chi connectivity index (χ4n) is 2.13. The van der Waals surface area contributed by atoms with E-state index in [-0.39, 0.29) is 5.69 Å².